The molecule has 0 radical (unpaired) electrons. The zero-order chi connectivity index (χ0) is 14.6. The summed E-state index contributed by atoms with van der Waals surface area (Å²) in [5.41, 5.74) is 1.03. The van der Waals surface area contributed by atoms with Crippen molar-refractivity contribution in [3.05, 3.63) is 0 Å². The van der Waals surface area contributed by atoms with Crippen LogP contribution in [0.25, 0.3) is 0 Å². The molecular formula is C18H35NO. The minimum atomic E-state index is 0.486. The Kier molecular flexibility index (Phi) is 5.53. The molecule has 2 nitrogen and oxygen atoms in total. The Morgan fingerprint density at radius 1 is 1.15 bits per heavy atom. The molecule has 0 aromatic rings. The molecule has 0 spiro atoms. The van der Waals surface area contributed by atoms with Crippen LogP contribution >= 0.6 is 0 Å². The third kappa shape index (κ3) is 4.21. The molecule has 1 saturated heterocycles. The van der Waals surface area contributed by atoms with E-state index in [1.807, 2.05) is 0 Å². The van der Waals surface area contributed by atoms with Crippen molar-refractivity contribution in [2.45, 2.75) is 78.2 Å². The highest BCUT2D eigenvalue weighted by Crippen LogP contribution is 2.47. The second-order valence-corrected chi connectivity index (χ2v) is 8.34. The zero-order valence-electron chi connectivity index (χ0n) is 14.1. The molecule has 2 aliphatic rings. The fraction of sp³-hybridized carbons (Fsp3) is 1.00. The molecule has 0 aromatic heterocycles. The first-order valence-corrected chi connectivity index (χ1v) is 8.71. The summed E-state index contributed by atoms with van der Waals surface area (Å²) in [6, 6.07) is 0. The Hall–Kier alpha value is -0.0800. The van der Waals surface area contributed by atoms with Crippen LogP contribution < -0.4 is 5.32 Å². The summed E-state index contributed by atoms with van der Waals surface area (Å²) in [6.45, 7) is 9.42. The van der Waals surface area contributed by atoms with Crippen LogP contribution in [0.3, 0.4) is 0 Å². The van der Waals surface area contributed by atoms with Gasteiger partial charge in [-0.15, -0.1) is 0 Å². The highest BCUT2D eigenvalue weighted by molar-refractivity contribution is 4.91. The van der Waals surface area contributed by atoms with E-state index in [0.29, 0.717) is 16.9 Å². The van der Waals surface area contributed by atoms with Crippen molar-refractivity contribution in [3.8, 4) is 0 Å². The van der Waals surface area contributed by atoms with Crippen LogP contribution in [0.15, 0.2) is 0 Å². The highest BCUT2D eigenvalue weighted by Gasteiger charge is 2.38. The van der Waals surface area contributed by atoms with Gasteiger partial charge in [-0.3, -0.25) is 0 Å². The molecule has 1 aliphatic heterocycles. The van der Waals surface area contributed by atoms with E-state index in [-0.39, 0.29) is 0 Å². The van der Waals surface area contributed by atoms with Gasteiger partial charge in [-0.25, -0.2) is 0 Å². The maximum atomic E-state index is 5.82. The van der Waals surface area contributed by atoms with Gasteiger partial charge < -0.3 is 10.1 Å². The highest BCUT2D eigenvalue weighted by atomic mass is 16.5. The number of nitrogens with one attached hydrogen (secondary N) is 1. The fourth-order valence-corrected chi connectivity index (χ4v) is 4.33. The molecule has 1 heterocycles. The van der Waals surface area contributed by atoms with Crippen molar-refractivity contribution in [2.75, 3.05) is 20.2 Å². The SMILES string of the molecule is CNCC1(CCC2CCCO2)CCC(C(C)(C)C)CC1. The van der Waals surface area contributed by atoms with E-state index in [0.717, 1.165) is 12.5 Å². The normalized spacial score (nSPS) is 35.4. The predicted octanol–water partition coefficient (Wildman–Crippen LogP) is 4.39. The van der Waals surface area contributed by atoms with Crippen molar-refractivity contribution in [3.63, 3.8) is 0 Å². The first kappa shape index (κ1) is 16.3. The van der Waals surface area contributed by atoms with Crippen molar-refractivity contribution in [2.24, 2.45) is 16.7 Å². The van der Waals surface area contributed by atoms with Crippen LogP contribution in [-0.2, 0) is 4.74 Å². The molecule has 2 fully saturated rings. The molecule has 1 saturated carbocycles. The molecule has 1 unspecified atom stereocenters. The lowest BCUT2D eigenvalue weighted by molar-refractivity contribution is 0.0519. The fourth-order valence-electron chi connectivity index (χ4n) is 4.33. The Morgan fingerprint density at radius 3 is 2.35 bits per heavy atom. The molecule has 2 heteroatoms. The van der Waals surface area contributed by atoms with E-state index in [4.69, 9.17) is 4.74 Å². The minimum Gasteiger partial charge on any atom is -0.378 e. The number of rotatable bonds is 5. The topological polar surface area (TPSA) is 21.3 Å². The third-order valence-electron chi connectivity index (χ3n) is 5.84. The molecule has 1 N–H and O–H groups in total. The molecule has 20 heavy (non-hydrogen) atoms. The van der Waals surface area contributed by atoms with Crippen molar-refractivity contribution < 1.29 is 4.74 Å². The molecular weight excluding hydrogens is 246 g/mol. The van der Waals surface area contributed by atoms with E-state index in [1.165, 1.54) is 57.9 Å². The van der Waals surface area contributed by atoms with Gasteiger partial charge in [0.15, 0.2) is 0 Å². The predicted molar refractivity (Wildman–Crippen MR) is 86.0 cm³/mol. The van der Waals surface area contributed by atoms with Gasteiger partial charge in [0.25, 0.3) is 0 Å². The lowest BCUT2D eigenvalue weighted by atomic mass is 9.62. The summed E-state index contributed by atoms with van der Waals surface area (Å²) in [5, 5.41) is 3.47. The quantitative estimate of drug-likeness (QED) is 0.807. The van der Waals surface area contributed by atoms with Crippen LogP contribution in [0.4, 0.5) is 0 Å². The van der Waals surface area contributed by atoms with Crippen LogP contribution in [0.1, 0.15) is 72.1 Å². The summed E-state index contributed by atoms with van der Waals surface area (Å²) >= 11 is 0. The Labute approximate surface area is 126 Å². The van der Waals surface area contributed by atoms with Gasteiger partial charge in [0.2, 0.25) is 0 Å². The Morgan fingerprint density at radius 2 is 1.85 bits per heavy atom. The minimum absolute atomic E-state index is 0.486. The average Bonchev–Trinajstić information content (AvgIpc) is 2.89. The largest absolute Gasteiger partial charge is 0.378 e. The lowest BCUT2D eigenvalue weighted by Gasteiger charge is -2.44. The molecule has 118 valence electrons. The van der Waals surface area contributed by atoms with E-state index < -0.39 is 0 Å². The Balaban J connectivity index is 1.87. The van der Waals surface area contributed by atoms with Crippen LogP contribution in [0.5, 0.6) is 0 Å². The molecule has 0 amide bonds. The van der Waals surface area contributed by atoms with E-state index >= 15 is 0 Å². The molecule has 1 atom stereocenters. The second kappa shape index (κ2) is 6.79. The molecule has 2 rings (SSSR count). The first-order valence-electron chi connectivity index (χ1n) is 8.71. The third-order valence-corrected chi connectivity index (χ3v) is 5.84. The van der Waals surface area contributed by atoms with Gasteiger partial charge in [0, 0.05) is 13.2 Å². The molecule has 1 aliphatic carbocycles. The van der Waals surface area contributed by atoms with Crippen LogP contribution in [-0.4, -0.2) is 26.3 Å². The number of hydrogen-bond donors (Lipinski definition) is 1. The first-order chi connectivity index (χ1) is 9.45. The standard InChI is InChI=1S/C18H35NO/c1-17(2,3)15-7-10-18(11-8-15,14-19-4)12-9-16-6-5-13-20-16/h15-16,19H,5-14H2,1-4H3. The maximum Gasteiger partial charge on any atom is 0.0576 e. The zero-order valence-corrected chi connectivity index (χ0v) is 14.1. The summed E-state index contributed by atoms with van der Waals surface area (Å²) in [6.07, 6.45) is 11.4. The number of hydrogen-bond acceptors (Lipinski definition) is 2. The summed E-state index contributed by atoms with van der Waals surface area (Å²) < 4.78 is 5.82. The van der Waals surface area contributed by atoms with Gasteiger partial charge >= 0.3 is 0 Å². The van der Waals surface area contributed by atoms with Gasteiger partial charge in [0.1, 0.15) is 0 Å². The number of ether oxygens (including phenoxy) is 1. The molecule has 0 bridgehead atoms. The summed E-state index contributed by atoms with van der Waals surface area (Å²) in [5.74, 6) is 0.912. The van der Waals surface area contributed by atoms with Gasteiger partial charge in [-0.1, -0.05) is 20.8 Å². The lowest BCUT2D eigenvalue weighted by Crippen LogP contribution is -2.39. The summed E-state index contributed by atoms with van der Waals surface area (Å²) in [7, 11) is 2.11. The van der Waals surface area contributed by atoms with Crippen molar-refractivity contribution in [1.29, 1.82) is 0 Å². The van der Waals surface area contributed by atoms with Crippen molar-refractivity contribution >= 4 is 0 Å². The Bertz CT molecular complexity index is 280. The van der Waals surface area contributed by atoms with Gasteiger partial charge in [-0.2, -0.15) is 0 Å². The average molecular weight is 281 g/mol. The summed E-state index contributed by atoms with van der Waals surface area (Å²) in [4.78, 5) is 0. The smallest absolute Gasteiger partial charge is 0.0576 e. The van der Waals surface area contributed by atoms with E-state index in [2.05, 4.69) is 33.1 Å². The maximum absolute atomic E-state index is 5.82. The monoisotopic (exact) mass is 281 g/mol. The van der Waals surface area contributed by atoms with Crippen molar-refractivity contribution in [1.82, 2.24) is 5.32 Å². The van der Waals surface area contributed by atoms with Crippen LogP contribution in [0.2, 0.25) is 0 Å². The van der Waals surface area contributed by atoms with Crippen LogP contribution in [0, 0.1) is 16.7 Å². The van der Waals surface area contributed by atoms with Gasteiger partial charge in [0.05, 0.1) is 6.10 Å². The van der Waals surface area contributed by atoms with E-state index in [9.17, 15) is 0 Å². The molecule has 0 aromatic carbocycles. The van der Waals surface area contributed by atoms with Gasteiger partial charge in [-0.05, 0) is 75.2 Å². The van der Waals surface area contributed by atoms with E-state index in [1.54, 1.807) is 0 Å². The second-order valence-electron chi connectivity index (χ2n) is 8.34.